The van der Waals surface area contributed by atoms with Gasteiger partial charge in [0.15, 0.2) is 0 Å². The predicted octanol–water partition coefficient (Wildman–Crippen LogP) is 3.76. The summed E-state index contributed by atoms with van der Waals surface area (Å²) in [5.74, 6) is -0.00179. The summed E-state index contributed by atoms with van der Waals surface area (Å²) in [5.41, 5.74) is 2.17. The summed E-state index contributed by atoms with van der Waals surface area (Å²) in [5, 5.41) is 2.07. The molecule has 2 amide bonds. The third-order valence-electron chi connectivity index (χ3n) is 5.98. The molecule has 0 unspecified atom stereocenters. The van der Waals surface area contributed by atoms with Gasteiger partial charge in [-0.05, 0) is 41.8 Å². The van der Waals surface area contributed by atoms with Gasteiger partial charge in [0.05, 0.1) is 11.6 Å². The summed E-state index contributed by atoms with van der Waals surface area (Å²) in [6, 6.07) is 12.5. The van der Waals surface area contributed by atoms with Gasteiger partial charge in [-0.2, -0.15) is 0 Å². The number of benzene rings is 1. The second-order valence-corrected chi connectivity index (χ2v) is 9.12. The van der Waals surface area contributed by atoms with E-state index in [9.17, 15) is 9.59 Å². The van der Waals surface area contributed by atoms with Gasteiger partial charge in [0.1, 0.15) is 5.69 Å². The molecule has 1 fully saturated rings. The van der Waals surface area contributed by atoms with E-state index in [1.807, 2.05) is 32.3 Å². The van der Waals surface area contributed by atoms with E-state index in [1.54, 1.807) is 27.3 Å². The second kappa shape index (κ2) is 8.98. The van der Waals surface area contributed by atoms with Gasteiger partial charge in [-0.3, -0.25) is 14.6 Å². The highest BCUT2D eigenvalue weighted by Gasteiger charge is 2.43. The standard InChI is InChI=1S/C24H26N4O2S/c1-27(2)23(30)24(16-18-6-3-4-7-19(18)21-8-5-15-31-21)9-13-28(14-10-24)22(29)20-17-25-11-12-26-20/h3-8,11-12,15,17H,9-10,13-14,16H2,1-2H3. The zero-order valence-corrected chi connectivity index (χ0v) is 18.6. The number of hydrogen-bond acceptors (Lipinski definition) is 5. The number of hydrogen-bond donors (Lipinski definition) is 0. The molecule has 0 N–H and O–H groups in total. The summed E-state index contributed by atoms with van der Waals surface area (Å²) >= 11 is 1.71. The molecule has 4 rings (SSSR count). The molecule has 2 aromatic heterocycles. The van der Waals surface area contributed by atoms with Gasteiger partial charge in [-0.1, -0.05) is 30.3 Å². The van der Waals surface area contributed by atoms with Crippen molar-refractivity contribution in [3.63, 3.8) is 0 Å². The van der Waals surface area contributed by atoms with E-state index in [2.05, 4.69) is 33.5 Å². The van der Waals surface area contributed by atoms with E-state index >= 15 is 0 Å². The Labute approximate surface area is 186 Å². The lowest BCUT2D eigenvalue weighted by molar-refractivity contribution is -0.142. The third kappa shape index (κ3) is 4.37. The maximum absolute atomic E-state index is 13.4. The number of nitrogens with zero attached hydrogens (tertiary/aromatic N) is 4. The fourth-order valence-electron chi connectivity index (χ4n) is 4.36. The molecule has 1 saturated heterocycles. The Morgan fingerprint density at radius 2 is 1.87 bits per heavy atom. The van der Waals surface area contributed by atoms with Crippen molar-refractivity contribution in [3.8, 4) is 10.4 Å². The van der Waals surface area contributed by atoms with Crippen molar-refractivity contribution in [1.29, 1.82) is 0 Å². The van der Waals surface area contributed by atoms with Gasteiger partial charge in [-0.25, -0.2) is 4.98 Å². The van der Waals surface area contributed by atoms with E-state index < -0.39 is 5.41 Å². The maximum atomic E-state index is 13.4. The minimum absolute atomic E-state index is 0.125. The van der Waals surface area contributed by atoms with Crippen LogP contribution < -0.4 is 0 Å². The Morgan fingerprint density at radius 1 is 1.10 bits per heavy atom. The summed E-state index contributed by atoms with van der Waals surface area (Å²) < 4.78 is 0. The van der Waals surface area contributed by atoms with Gasteiger partial charge in [0.2, 0.25) is 5.91 Å². The van der Waals surface area contributed by atoms with E-state index in [1.165, 1.54) is 28.4 Å². The lowest BCUT2D eigenvalue weighted by Gasteiger charge is -2.42. The number of rotatable bonds is 5. The summed E-state index contributed by atoms with van der Waals surface area (Å²) in [4.78, 5) is 39.0. The molecule has 3 aromatic rings. The molecule has 1 aliphatic heterocycles. The summed E-state index contributed by atoms with van der Waals surface area (Å²) in [6.07, 6.45) is 6.47. The van der Waals surface area contributed by atoms with Gasteiger partial charge in [-0.15, -0.1) is 11.3 Å². The Balaban J connectivity index is 1.59. The Hall–Kier alpha value is -3.06. The van der Waals surface area contributed by atoms with E-state index in [4.69, 9.17) is 0 Å². The molecule has 1 aliphatic rings. The SMILES string of the molecule is CN(C)C(=O)C1(Cc2ccccc2-c2cccs2)CCN(C(=O)c2cnccn2)CC1. The minimum Gasteiger partial charge on any atom is -0.348 e. The quantitative estimate of drug-likeness (QED) is 0.613. The minimum atomic E-state index is -0.532. The van der Waals surface area contributed by atoms with E-state index in [0.717, 1.165) is 0 Å². The van der Waals surface area contributed by atoms with Crippen LogP contribution in [0.2, 0.25) is 0 Å². The molecule has 0 spiro atoms. The van der Waals surface area contributed by atoms with Gasteiger partial charge >= 0.3 is 0 Å². The molecule has 0 aliphatic carbocycles. The first kappa shape index (κ1) is 21.2. The van der Waals surface area contributed by atoms with Crippen LogP contribution in [0.1, 0.15) is 28.9 Å². The normalized spacial score (nSPS) is 15.5. The van der Waals surface area contributed by atoms with Gasteiger partial charge < -0.3 is 9.80 Å². The smallest absolute Gasteiger partial charge is 0.274 e. The molecule has 0 saturated carbocycles. The lowest BCUT2D eigenvalue weighted by atomic mass is 9.72. The van der Waals surface area contributed by atoms with Crippen molar-refractivity contribution in [2.45, 2.75) is 19.3 Å². The predicted molar refractivity (Wildman–Crippen MR) is 122 cm³/mol. The number of thiophene rings is 1. The first-order valence-corrected chi connectivity index (χ1v) is 11.3. The molecule has 1 aromatic carbocycles. The zero-order valence-electron chi connectivity index (χ0n) is 17.8. The first-order valence-electron chi connectivity index (χ1n) is 10.4. The zero-order chi connectivity index (χ0) is 21.8. The van der Waals surface area contributed by atoms with Crippen molar-refractivity contribution in [3.05, 3.63) is 71.6 Å². The molecule has 6 nitrogen and oxygen atoms in total. The van der Waals surface area contributed by atoms with Crippen LogP contribution in [-0.2, 0) is 11.2 Å². The van der Waals surface area contributed by atoms with Crippen LogP contribution in [0, 0.1) is 5.41 Å². The molecule has 7 heteroatoms. The fourth-order valence-corrected chi connectivity index (χ4v) is 5.15. The molecule has 31 heavy (non-hydrogen) atoms. The highest BCUT2D eigenvalue weighted by molar-refractivity contribution is 7.13. The molecule has 3 heterocycles. The van der Waals surface area contributed by atoms with Crippen LogP contribution in [0.25, 0.3) is 10.4 Å². The van der Waals surface area contributed by atoms with Crippen molar-refractivity contribution >= 4 is 23.2 Å². The Kier molecular flexibility index (Phi) is 6.13. The fraction of sp³-hybridized carbons (Fsp3) is 0.333. The van der Waals surface area contributed by atoms with Crippen LogP contribution in [0.3, 0.4) is 0 Å². The highest BCUT2D eigenvalue weighted by Crippen LogP contribution is 2.40. The number of carbonyl (C=O) groups is 2. The Morgan fingerprint density at radius 3 is 2.52 bits per heavy atom. The largest absolute Gasteiger partial charge is 0.348 e. The molecular weight excluding hydrogens is 408 g/mol. The van der Waals surface area contributed by atoms with Crippen LogP contribution in [-0.4, -0.2) is 58.8 Å². The number of amides is 2. The second-order valence-electron chi connectivity index (χ2n) is 8.17. The van der Waals surface area contributed by atoms with Gasteiger partial charge in [0, 0.05) is 44.5 Å². The number of carbonyl (C=O) groups excluding carboxylic acids is 2. The van der Waals surface area contributed by atoms with E-state index in [0.29, 0.717) is 38.0 Å². The molecule has 0 atom stereocenters. The summed E-state index contributed by atoms with van der Waals surface area (Å²) in [7, 11) is 3.62. The van der Waals surface area contributed by atoms with Crippen LogP contribution in [0.5, 0.6) is 0 Å². The van der Waals surface area contributed by atoms with Crippen molar-refractivity contribution < 1.29 is 9.59 Å². The number of likely N-dealkylation sites (tertiary alicyclic amines) is 1. The topological polar surface area (TPSA) is 66.4 Å². The lowest BCUT2D eigenvalue weighted by Crippen LogP contribution is -2.51. The average Bonchev–Trinajstić information content (AvgIpc) is 3.34. The monoisotopic (exact) mass is 434 g/mol. The van der Waals surface area contributed by atoms with Gasteiger partial charge in [0.25, 0.3) is 5.91 Å². The molecule has 0 radical (unpaired) electrons. The third-order valence-corrected chi connectivity index (χ3v) is 6.89. The number of piperidine rings is 1. The molecule has 0 bridgehead atoms. The van der Waals surface area contributed by atoms with Crippen LogP contribution in [0.15, 0.2) is 60.4 Å². The van der Waals surface area contributed by atoms with E-state index in [-0.39, 0.29) is 11.8 Å². The first-order chi connectivity index (χ1) is 15.0. The van der Waals surface area contributed by atoms with Crippen LogP contribution >= 0.6 is 11.3 Å². The maximum Gasteiger partial charge on any atom is 0.274 e. The highest BCUT2D eigenvalue weighted by atomic mass is 32.1. The summed E-state index contributed by atoms with van der Waals surface area (Å²) in [6.45, 7) is 1.05. The van der Waals surface area contributed by atoms with Crippen molar-refractivity contribution in [2.75, 3.05) is 27.2 Å². The van der Waals surface area contributed by atoms with Crippen molar-refractivity contribution in [2.24, 2.45) is 5.41 Å². The van der Waals surface area contributed by atoms with Crippen LogP contribution in [0.4, 0.5) is 0 Å². The molecule has 160 valence electrons. The average molecular weight is 435 g/mol. The number of aromatic nitrogens is 2. The Bertz CT molecular complexity index is 1040. The van der Waals surface area contributed by atoms with Crippen molar-refractivity contribution in [1.82, 2.24) is 19.8 Å². The molecular formula is C24H26N4O2S.